The maximum absolute atomic E-state index is 12.2. The van der Waals surface area contributed by atoms with E-state index in [-0.39, 0.29) is 5.78 Å². The molecule has 0 aromatic heterocycles. The summed E-state index contributed by atoms with van der Waals surface area (Å²) in [5.74, 6) is 0.864. The predicted octanol–water partition coefficient (Wildman–Crippen LogP) is 3.52. The van der Waals surface area contributed by atoms with Crippen molar-refractivity contribution in [2.24, 2.45) is 0 Å². The molecular formula is C17H14O2. The van der Waals surface area contributed by atoms with Crippen molar-refractivity contribution < 1.29 is 9.53 Å². The number of hydrogen-bond acceptors (Lipinski definition) is 2. The minimum absolute atomic E-state index is 0.0720. The maximum Gasteiger partial charge on any atom is 0.186 e. The molecular weight excluding hydrogens is 236 g/mol. The van der Waals surface area contributed by atoms with Crippen LogP contribution in [0.25, 0.3) is 5.57 Å². The molecule has 2 aromatic rings. The van der Waals surface area contributed by atoms with Crippen molar-refractivity contribution in [1.82, 2.24) is 0 Å². The zero-order chi connectivity index (χ0) is 13.2. The number of allylic oxidation sites excluding steroid dienone is 2. The van der Waals surface area contributed by atoms with Crippen molar-refractivity contribution in [3.63, 3.8) is 0 Å². The summed E-state index contributed by atoms with van der Waals surface area (Å²) >= 11 is 0. The minimum Gasteiger partial charge on any atom is -0.497 e. The molecule has 0 radical (unpaired) electrons. The third kappa shape index (κ3) is 2.17. The van der Waals surface area contributed by atoms with Crippen LogP contribution in [0.1, 0.15) is 21.5 Å². The van der Waals surface area contributed by atoms with Crippen LogP contribution in [0.15, 0.2) is 54.6 Å². The van der Waals surface area contributed by atoms with Gasteiger partial charge in [0.05, 0.1) is 7.11 Å². The molecule has 2 heteroatoms. The normalized spacial score (nSPS) is 13.7. The molecule has 0 fully saturated rings. The largest absolute Gasteiger partial charge is 0.497 e. The van der Waals surface area contributed by atoms with Gasteiger partial charge in [0.2, 0.25) is 0 Å². The number of ketones is 1. The highest BCUT2D eigenvalue weighted by Crippen LogP contribution is 2.29. The molecule has 1 aliphatic carbocycles. The summed E-state index contributed by atoms with van der Waals surface area (Å²) < 4.78 is 5.23. The van der Waals surface area contributed by atoms with Crippen LogP contribution in [0.4, 0.5) is 0 Å². The standard InChI is InChI=1S/C17H14O2/c1-19-15-7-8-16-14(10-15)9-13(11-17(16)18)12-5-3-2-4-6-12/h2-8,10-11H,9H2,1H3. The first-order chi connectivity index (χ1) is 9.28. The molecule has 0 saturated carbocycles. The van der Waals surface area contributed by atoms with Gasteiger partial charge in [-0.25, -0.2) is 0 Å². The molecule has 2 aromatic carbocycles. The third-order valence-electron chi connectivity index (χ3n) is 3.41. The monoisotopic (exact) mass is 250 g/mol. The van der Waals surface area contributed by atoms with Gasteiger partial charge in [-0.05, 0) is 47.4 Å². The van der Waals surface area contributed by atoms with Gasteiger partial charge >= 0.3 is 0 Å². The van der Waals surface area contributed by atoms with Gasteiger partial charge in [-0.2, -0.15) is 0 Å². The predicted molar refractivity (Wildman–Crippen MR) is 75.4 cm³/mol. The topological polar surface area (TPSA) is 26.3 Å². The molecule has 3 rings (SSSR count). The molecule has 0 atom stereocenters. The van der Waals surface area contributed by atoms with Gasteiger partial charge < -0.3 is 4.74 Å². The summed E-state index contributed by atoms with van der Waals surface area (Å²) in [5.41, 5.74) is 3.97. The summed E-state index contributed by atoms with van der Waals surface area (Å²) in [6.07, 6.45) is 2.51. The number of carbonyl (C=O) groups is 1. The van der Waals surface area contributed by atoms with Crippen LogP contribution in [0.5, 0.6) is 5.75 Å². The number of ether oxygens (including phenoxy) is 1. The van der Waals surface area contributed by atoms with Gasteiger partial charge in [-0.1, -0.05) is 30.3 Å². The second-order valence-electron chi connectivity index (χ2n) is 4.60. The van der Waals surface area contributed by atoms with Crippen LogP contribution in [-0.2, 0) is 6.42 Å². The van der Waals surface area contributed by atoms with Gasteiger partial charge in [0.15, 0.2) is 5.78 Å². The van der Waals surface area contributed by atoms with Gasteiger partial charge in [0.1, 0.15) is 5.75 Å². The second kappa shape index (κ2) is 4.73. The Balaban J connectivity index is 2.03. The number of methoxy groups -OCH3 is 1. The minimum atomic E-state index is 0.0720. The van der Waals surface area contributed by atoms with Crippen molar-refractivity contribution in [3.8, 4) is 5.75 Å². The van der Waals surface area contributed by atoms with E-state index in [0.717, 1.165) is 34.4 Å². The molecule has 0 heterocycles. The van der Waals surface area contributed by atoms with Crippen molar-refractivity contribution >= 4 is 11.4 Å². The number of benzene rings is 2. The Bertz CT molecular complexity index is 654. The second-order valence-corrected chi connectivity index (χ2v) is 4.60. The van der Waals surface area contributed by atoms with E-state index in [9.17, 15) is 4.79 Å². The van der Waals surface area contributed by atoms with Crippen molar-refractivity contribution in [2.75, 3.05) is 7.11 Å². The summed E-state index contributed by atoms with van der Waals surface area (Å²) in [5, 5.41) is 0. The Morgan fingerprint density at radius 2 is 1.84 bits per heavy atom. The summed E-state index contributed by atoms with van der Waals surface area (Å²) in [7, 11) is 1.64. The van der Waals surface area contributed by atoms with E-state index in [1.165, 1.54) is 0 Å². The van der Waals surface area contributed by atoms with Gasteiger partial charge in [0.25, 0.3) is 0 Å². The van der Waals surface area contributed by atoms with E-state index in [0.29, 0.717) is 0 Å². The van der Waals surface area contributed by atoms with E-state index in [4.69, 9.17) is 4.74 Å². The lowest BCUT2D eigenvalue weighted by molar-refractivity contribution is 0.104. The average molecular weight is 250 g/mol. The number of fused-ring (bicyclic) bond motifs is 1. The number of hydrogen-bond donors (Lipinski definition) is 0. The Labute approximate surface area is 112 Å². The SMILES string of the molecule is COc1ccc2c(c1)CC(c1ccccc1)=CC2=O. The smallest absolute Gasteiger partial charge is 0.186 e. The van der Waals surface area contributed by atoms with Gasteiger partial charge in [0, 0.05) is 5.56 Å². The highest BCUT2D eigenvalue weighted by molar-refractivity contribution is 6.12. The molecule has 0 bridgehead atoms. The van der Waals surface area contributed by atoms with Crippen LogP contribution < -0.4 is 4.74 Å². The zero-order valence-corrected chi connectivity index (χ0v) is 10.7. The van der Waals surface area contributed by atoms with Crippen molar-refractivity contribution in [2.45, 2.75) is 6.42 Å². The first kappa shape index (κ1) is 11.7. The summed E-state index contributed by atoms with van der Waals surface area (Å²) in [6, 6.07) is 15.6. The average Bonchev–Trinajstić information content (AvgIpc) is 2.47. The first-order valence-corrected chi connectivity index (χ1v) is 6.25. The number of rotatable bonds is 2. The molecule has 0 saturated heterocycles. The van der Waals surface area contributed by atoms with E-state index < -0.39 is 0 Å². The van der Waals surface area contributed by atoms with E-state index in [1.54, 1.807) is 13.2 Å². The third-order valence-corrected chi connectivity index (χ3v) is 3.41. The lowest BCUT2D eigenvalue weighted by atomic mass is 9.87. The van der Waals surface area contributed by atoms with Crippen molar-refractivity contribution in [1.29, 1.82) is 0 Å². The van der Waals surface area contributed by atoms with E-state index in [2.05, 4.69) is 0 Å². The van der Waals surface area contributed by atoms with Crippen LogP contribution in [0.3, 0.4) is 0 Å². The molecule has 1 aliphatic rings. The van der Waals surface area contributed by atoms with Gasteiger partial charge in [-0.15, -0.1) is 0 Å². The fourth-order valence-corrected chi connectivity index (χ4v) is 2.41. The highest BCUT2D eigenvalue weighted by atomic mass is 16.5. The molecule has 0 amide bonds. The van der Waals surface area contributed by atoms with Crippen LogP contribution in [0.2, 0.25) is 0 Å². The molecule has 0 spiro atoms. The number of carbonyl (C=O) groups excluding carboxylic acids is 1. The first-order valence-electron chi connectivity index (χ1n) is 6.25. The lowest BCUT2D eigenvalue weighted by Crippen LogP contribution is -2.09. The van der Waals surface area contributed by atoms with Crippen LogP contribution in [-0.4, -0.2) is 12.9 Å². The van der Waals surface area contributed by atoms with E-state index in [1.807, 2.05) is 48.5 Å². The van der Waals surface area contributed by atoms with E-state index >= 15 is 0 Å². The van der Waals surface area contributed by atoms with Crippen LogP contribution >= 0.6 is 0 Å². The van der Waals surface area contributed by atoms with Gasteiger partial charge in [-0.3, -0.25) is 4.79 Å². The molecule has 94 valence electrons. The fraction of sp³-hybridized carbons (Fsp3) is 0.118. The lowest BCUT2D eigenvalue weighted by Gasteiger charge is -2.17. The Morgan fingerprint density at radius 1 is 1.05 bits per heavy atom. The Hall–Kier alpha value is -2.35. The summed E-state index contributed by atoms with van der Waals surface area (Å²) in [4.78, 5) is 12.2. The zero-order valence-electron chi connectivity index (χ0n) is 10.7. The quantitative estimate of drug-likeness (QED) is 0.815. The molecule has 2 nitrogen and oxygen atoms in total. The Morgan fingerprint density at radius 3 is 2.58 bits per heavy atom. The molecule has 0 N–H and O–H groups in total. The van der Waals surface area contributed by atoms with Crippen LogP contribution in [0, 0.1) is 0 Å². The Kier molecular flexibility index (Phi) is 2.92. The fourth-order valence-electron chi connectivity index (χ4n) is 2.41. The maximum atomic E-state index is 12.2. The summed E-state index contributed by atoms with van der Waals surface area (Å²) in [6.45, 7) is 0. The molecule has 0 unspecified atom stereocenters. The van der Waals surface area contributed by atoms with Crippen molar-refractivity contribution in [3.05, 3.63) is 71.3 Å². The molecule has 19 heavy (non-hydrogen) atoms. The highest BCUT2D eigenvalue weighted by Gasteiger charge is 2.18. The molecule has 0 aliphatic heterocycles.